The van der Waals surface area contributed by atoms with Crippen LogP contribution < -0.4 is 5.32 Å². The standard InChI is InChI=1S/C28H40N2O2/c1-20(2)18-29-27(32)22(4)30(19-24-10-8-9-21(3)17-24)26(31)16-13-23-11-14-25(15-12-23)28(5,6)7/h8-12,14-15,17,20,22H,13,16,18-19H2,1-7H3,(H,29,32)/t22-/m0/s1. The van der Waals surface area contributed by atoms with Crippen LogP contribution in [0.1, 0.15) is 70.2 Å². The summed E-state index contributed by atoms with van der Waals surface area (Å²) < 4.78 is 0. The highest BCUT2D eigenvalue weighted by Gasteiger charge is 2.26. The number of rotatable bonds is 9. The monoisotopic (exact) mass is 436 g/mol. The number of amides is 2. The molecule has 0 aliphatic carbocycles. The summed E-state index contributed by atoms with van der Waals surface area (Å²) >= 11 is 0. The Bertz CT molecular complexity index is 894. The van der Waals surface area contributed by atoms with Crippen LogP contribution in [0.15, 0.2) is 48.5 Å². The van der Waals surface area contributed by atoms with E-state index in [4.69, 9.17) is 0 Å². The summed E-state index contributed by atoms with van der Waals surface area (Å²) in [7, 11) is 0. The van der Waals surface area contributed by atoms with Gasteiger partial charge in [0.2, 0.25) is 11.8 Å². The molecular formula is C28H40N2O2. The van der Waals surface area contributed by atoms with E-state index < -0.39 is 6.04 Å². The van der Waals surface area contributed by atoms with Gasteiger partial charge in [-0.05, 0) is 48.3 Å². The van der Waals surface area contributed by atoms with Crippen LogP contribution in [0.2, 0.25) is 0 Å². The van der Waals surface area contributed by atoms with E-state index in [0.717, 1.165) is 16.7 Å². The van der Waals surface area contributed by atoms with E-state index in [0.29, 0.717) is 31.8 Å². The number of nitrogens with zero attached hydrogens (tertiary/aromatic N) is 1. The average Bonchev–Trinajstić information content (AvgIpc) is 2.73. The van der Waals surface area contributed by atoms with E-state index >= 15 is 0 Å². The zero-order valence-corrected chi connectivity index (χ0v) is 20.9. The highest BCUT2D eigenvalue weighted by atomic mass is 16.2. The van der Waals surface area contributed by atoms with E-state index in [-0.39, 0.29) is 17.2 Å². The SMILES string of the molecule is Cc1cccc(CN(C(=O)CCc2ccc(C(C)(C)C)cc2)[C@@H](C)C(=O)NCC(C)C)c1. The maximum absolute atomic E-state index is 13.3. The number of hydrogen-bond donors (Lipinski definition) is 1. The first-order valence-corrected chi connectivity index (χ1v) is 11.7. The Balaban J connectivity index is 2.12. The minimum absolute atomic E-state index is 0.00130. The molecule has 0 saturated carbocycles. The van der Waals surface area contributed by atoms with Gasteiger partial charge in [0.1, 0.15) is 6.04 Å². The van der Waals surface area contributed by atoms with Gasteiger partial charge in [0.05, 0.1) is 0 Å². The fraction of sp³-hybridized carbons (Fsp3) is 0.500. The minimum Gasteiger partial charge on any atom is -0.354 e. The molecular weight excluding hydrogens is 396 g/mol. The molecule has 2 aromatic carbocycles. The van der Waals surface area contributed by atoms with E-state index in [9.17, 15) is 9.59 Å². The third kappa shape index (κ3) is 7.81. The first-order valence-electron chi connectivity index (χ1n) is 11.7. The minimum atomic E-state index is -0.523. The molecule has 0 aliphatic rings. The van der Waals surface area contributed by atoms with Gasteiger partial charge in [0.15, 0.2) is 0 Å². The summed E-state index contributed by atoms with van der Waals surface area (Å²) in [5.74, 6) is 0.260. The van der Waals surface area contributed by atoms with Crippen molar-refractivity contribution in [2.45, 2.75) is 79.3 Å². The predicted molar refractivity (Wildman–Crippen MR) is 133 cm³/mol. The zero-order chi connectivity index (χ0) is 23.9. The number of carbonyl (C=O) groups is 2. The Morgan fingerprint density at radius 1 is 0.969 bits per heavy atom. The molecule has 4 nitrogen and oxygen atoms in total. The Morgan fingerprint density at radius 3 is 2.19 bits per heavy atom. The third-order valence-corrected chi connectivity index (χ3v) is 5.73. The lowest BCUT2D eigenvalue weighted by Gasteiger charge is -2.29. The normalized spacial score (nSPS) is 12.5. The summed E-state index contributed by atoms with van der Waals surface area (Å²) in [4.78, 5) is 27.7. The first-order chi connectivity index (χ1) is 15.0. The molecule has 2 amide bonds. The number of hydrogen-bond acceptors (Lipinski definition) is 2. The van der Waals surface area contributed by atoms with E-state index in [1.165, 1.54) is 5.56 Å². The van der Waals surface area contributed by atoms with Gasteiger partial charge in [-0.2, -0.15) is 0 Å². The van der Waals surface area contributed by atoms with Gasteiger partial charge in [-0.25, -0.2) is 0 Å². The summed E-state index contributed by atoms with van der Waals surface area (Å²) in [6, 6.07) is 16.1. The van der Waals surface area contributed by atoms with E-state index in [1.807, 2.05) is 32.0 Å². The number of aryl methyl sites for hydroxylation is 2. The van der Waals surface area contributed by atoms with Crippen molar-refractivity contribution in [3.05, 3.63) is 70.8 Å². The lowest BCUT2D eigenvalue weighted by molar-refractivity contribution is -0.140. The highest BCUT2D eigenvalue weighted by Crippen LogP contribution is 2.22. The van der Waals surface area contributed by atoms with E-state index in [2.05, 4.69) is 70.3 Å². The van der Waals surface area contributed by atoms with Gasteiger partial charge in [0, 0.05) is 19.5 Å². The average molecular weight is 437 g/mol. The first kappa shape index (κ1) is 25.6. The van der Waals surface area contributed by atoms with Gasteiger partial charge in [0.25, 0.3) is 0 Å². The molecule has 0 spiro atoms. The second-order valence-corrected chi connectivity index (χ2v) is 10.3. The largest absolute Gasteiger partial charge is 0.354 e. The maximum atomic E-state index is 13.3. The topological polar surface area (TPSA) is 49.4 Å². The van der Waals surface area contributed by atoms with Crippen LogP contribution in [0, 0.1) is 12.8 Å². The molecule has 4 heteroatoms. The van der Waals surface area contributed by atoms with Crippen LogP contribution >= 0.6 is 0 Å². The fourth-order valence-electron chi connectivity index (χ4n) is 3.61. The molecule has 0 aromatic heterocycles. The van der Waals surface area contributed by atoms with Gasteiger partial charge >= 0.3 is 0 Å². The Labute approximate surface area is 194 Å². The molecule has 2 aromatic rings. The van der Waals surface area contributed by atoms with Gasteiger partial charge < -0.3 is 10.2 Å². The van der Waals surface area contributed by atoms with Crippen molar-refractivity contribution in [1.29, 1.82) is 0 Å². The number of nitrogens with one attached hydrogen (secondary N) is 1. The van der Waals surface area contributed by atoms with Crippen molar-refractivity contribution >= 4 is 11.8 Å². The molecule has 0 saturated heterocycles. The molecule has 0 unspecified atom stereocenters. The molecule has 0 bridgehead atoms. The summed E-state index contributed by atoms with van der Waals surface area (Å²) in [6.45, 7) is 15.6. The van der Waals surface area contributed by atoms with Crippen LogP contribution in [0.3, 0.4) is 0 Å². The molecule has 174 valence electrons. The smallest absolute Gasteiger partial charge is 0.242 e. The lowest BCUT2D eigenvalue weighted by Crippen LogP contribution is -2.48. The van der Waals surface area contributed by atoms with Crippen molar-refractivity contribution in [2.24, 2.45) is 5.92 Å². The van der Waals surface area contributed by atoms with Gasteiger partial charge in [-0.3, -0.25) is 9.59 Å². The molecule has 1 N–H and O–H groups in total. The summed E-state index contributed by atoms with van der Waals surface area (Å²) in [6.07, 6.45) is 1.04. The van der Waals surface area contributed by atoms with Crippen LogP contribution in [-0.4, -0.2) is 29.3 Å². The van der Waals surface area contributed by atoms with Crippen molar-refractivity contribution in [2.75, 3.05) is 6.54 Å². The zero-order valence-electron chi connectivity index (χ0n) is 20.9. The van der Waals surface area contributed by atoms with Crippen molar-refractivity contribution < 1.29 is 9.59 Å². The number of carbonyl (C=O) groups excluding carboxylic acids is 2. The van der Waals surface area contributed by atoms with Crippen LogP contribution in [0.5, 0.6) is 0 Å². The summed E-state index contributed by atoms with van der Waals surface area (Å²) in [5.41, 5.74) is 4.71. The third-order valence-electron chi connectivity index (χ3n) is 5.73. The van der Waals surface area contributed by atoms with Crippen LogP contribution in [0.25, 0.3) is 0 Å². The molecule has 2 rings (SSSR count). The lowest BCUT2D eigenvalue weighted by atomic mass is 9.86. The van der Waals surface area contributed by atoms with Crippen molar-refractivity contribution in [1.82, 2.24) is 10.2 Å². The second kappa shape index (κ2) is 11.3. The van der Waals surface area contributed by atoms with E-state index in [1.54, 1.807) is 4.90 Å². The predicted octanol–water partition coefficient (Wildman–Crippen LogP) is 5.41. The van der Waals surface area contributed by atoms with Crippen LogP contribution in [0.4, 0.5) is 0 Å². The van der Waals surface area contributed by atoms with Crippen molar-refractivity contribution in [3.8, 4) is 0 Å². The molecule has 1 atom stereocenters. The second-order valence-electron chi connectivity index (χ2n) is 10.3. The fourth-order valence-corrected chi connectivity index (χ4v) is 3.61. The Morgan fingerprint density at radius 2 is 1.62 bits per heavy atom. The Hall–Kier alpha value is -2.62. The molecule has 32 heavy (non-hydrogen) atoms. The van der Waals surface area contributed by atoms with Crippen molar-refractivity contribution in [3.63, 3.8) is 0 Å². The molecule has 0 heterocycles. The molecule has 0 fully saturated rings. The molecule has 0 aliphatic heterocycles. The Kier molecular flexibility index (Phi) is 9.06. The van der Waals surface area contributed by atoms with Gasteiger partial charge in [-0.1, -0.05) is 88.7 Å². The maximum Gasteiger partial charge on any atom is 0.242 e. The number of benzene rings is 2. The van der Waals surface area contributed by atoms with Crippen LogP contribution in [-0.2, 0) is 28.0 Å². The molecule has 0 radical (unpaired) electrons. The van der Waals surface area contributed by atoms with Gasteiger partial charge in [-0.15, -0.1) is 0 Å². The summed E-state index contributed by atoms with van der Waals surface area (Å²) in [5, 5.41) is 2.98. The quantitative estimate of drug-likeness (QED) is 0.571. The highest BCUT2D eigenvalue weighted by molar-refractivity contribution is 5.87.